The van der Waals surface area contributed by atoms with Crippen LogP contribution in [0.3, 0.4) is 0 Å². The number of fused-ring (bicyclic) bond motifs is 1. The number of aromatic nitrogens is 7. The van der Waals surface area contributed by atoms with Crippen LogP contribution in [0.15, 0.2) is 67.3 Å². The van der Waals surface area contributed by atoms with Gasteiger partial charge in [-0.3, -0.25) is 9.08 Å². The SMILES string of the molecule is Cn1cc(Nc2nccc(-c3ccn4c(Cc5ccc(F)cc5)nnc4c3)n2)cn1. The molecule has 148 valence electrons. The largest absolute Gasteiger partial charge is 0.321 e. The summed E-state index contributed by atoms with van der Waals surface area (Å²) in [6, 6.07) is 12.1. The van der Waals surface area contributed by atoms with E-state index >= 15 is 0 Å². The van der Waals surface area contributed by atoms with E-state index in [1.54, 1.807) is 29.2 Å². The van der Waals surface area contributed by atoms with Crippen LogP contribution in [0, 0.1) is 5.82 Å². The lowest BCUT2D eigenvalue weighted by Crippen LogP contribution is -1.98. The first-order valence-electron chi connectivity index (χ1n) is 9.31. The molecule has 0 aliphatic rings. The maximum Gasteiger partial charge on any atom is 0.227 e. The fourth-order valence-electron chi connectivity index (χ4n) is 3.20. The third kappa shape index (κ3) is 3.60. The molecule has 4 aromatic heterocycles. The van der Waals surface area contributed by atoms with Gasteiger partial charge in [0.1, 0.15) is 11.6 Å². The first-order valence-corrected chi connectivity index (χ1v) is 9.31. The molecule has 8 nitrogen and oxygen atoms in total. The summed E-state index contributed by atoms with van der Waals surface area (Å²) >= 11 is 0. The van der Waals surface area contributed by atoms with Crippen LogP contribution in [0.25, 0.3) is 16.9 Å². The van der Waals surface area contributed by atoms with Crippen molar-refractivity contribution in [1.82, 2.24) is 34.3 Å². The number of anilines is 2. The Hall–Kier alpha value is -4.14. The lowest BCUT2D eigenvalue weighted by Gasteiger charge is -2.06. The second kappa shape index (κ2) is 7.36. The lowest BCUT2D eigenvalue weighted by atomic mass is 10.1. The zero-order valence-electron chi connectivity index (χ0n) is 16.1. The number of rotatable bonds is 5. The Balaban J connectivity index is 1.41. The molecular weight excluding hydrogens is 383 g/mol. The van der Waals surface area contributed by atoms with Gasteiger partial charge < -0.3 is 5.32 Å². The van der Waals surface area contributed by atoms with Crippen LogP contribution >= 0.6 is 0 Å². The molecule has 0 amide bonds. The topological polar surface area (TPSA) is 85.8 Å². The van der Waals surface area contributed by atoms with Gasteiger partial charge in [-0.15, -0.1) is 10.2 Å². The van der Waals surface area contributed by atoms with E-state index in [2.05, 4.69) is 30.6 Å². The Labute approximate surface area is 171 Å². The fraction of sp³-hybridized carbons (Fsp3) is 0.0952. The second-order valence-electron chi connectivity index (χ2n) is 6.86. The molecule has 30 heavy (non-hydrogen) atoms. The molecule has 0 radical (unpaired) electrons. The van der Waals surface area contributed by atoms with Gasteiger partial charge in [0, 0.05) is 37.6 Å². The van der Waals surface area contributed by atoms with E-state index in [4.69, 9.17) is 0 Å². The number of pyridine rings is 1. The highest BCUT2D eigenvalue weighted by Crippen LogP contribution is 2.21. The molecule has 9 heteroatoms. The van der Waals surface area contributed by atoms with E-state index in [0.29, 0.717) is 18.0 Å². The normalized spacial score (nSPS) is 11.1. The van der Waals surface area contributed by atoms with E-state index in [1.807, 2.05) is 42.0 Å². The Bertz CT molecular complexity index is 1320. The van der Waals surface area contributed by atoms with Crippen molar-refractivity contribution in [2.45, 2.75) is 6.42 Å². The third-order valence-electron chi connectivity index (χ3n) is 4.67. The lowest BCUT2D eigenvalue weighted by molar-refractivity contribution is 0.627. The minimum atomic E-state index is -0.253. The number of hydrogen-bond donors (Lipinski definition) is 1. The van der Waals surface area contributed by atoms with Crippen LogP contribution in [0.4, 0.5) is 16.0 Å². The number of benzene rings is 1. The fourth-order valence-corrected chi connectivity index (χ4v) is 3.20. The summed E-state index contributed by atoms with van der Waals surface area (Å²) < 4.78 is 16.7. The Kier molecular flexibility index (Phi) is 4.40. The van der Waals surface area contributed by atoms with E-state index in [0.717, 1.165) is 28.3 Å². The Morgan fingerprint density at radius 3 is 2.73 bits per heavy atom. The maximum atomic E-state index is 13.1. The summed E-state index contributed by atoms with van der Waals surface area (Å²) in [7, 11) is 1.85. The first kappa shape index (κ1) is 17.9. The predicted octanol–water partition coefficient (Wildman–Crippen LogP) is 3.39. The Morgan fingerprint density at radius 1 is 1.07 bits per heavy atom. The van der Waals surface area contributed by atoms with Crippen molar-refractivity contribution in [2.24, 2.45) is 7.05 Å². The number of halogens is 1. The van der Waals surface area contributed by atoms with Gasteiger partial charge in [0.15, 0.2) is 5.65 Å². The minimum Gasteiger partial charge on any atom is -0.321 e. The molecule has 0 aliphatic carbocycles. The Morgan fingerprint density at radius 2 is 1.93 bits per heavy atom. The highest BCUT2D eigenvalue weighted by Gasteiger charge is 2.10. The van der Waals surface area contributed by atoms with Gasteiger partial charge in [-0.05, 0) is 35.9 Å². The average Bonchev–Trinajstić information content (AvgIpc) is 3.35. The standard InChI is InChI=1S/C21H17FN8/c1-29-13-17(12-24-29)25-21-23-8-6-18(26-21)15-7-9-30-19(27-28-20(30)11-15)10-14-2-4-16(22)5-3-14/h2-9,11-13H,10H2,1H3,(H,23,25,26). The zero-order valence-corrected chi connectivity index (χ0v) is 16.1. The van der Waals surface area contributed by atoms with Gasteiger partial charge in [-0.1, -0.05) is 12.1 Å². The number of hydrogen-bond acceptors (Lipinski definition) is 6. The number of nitrogens with one attached hydrogen (secondary N) is 1. The first-order chi connectivity index (χ1) is 14.6. The predicted molar refractivity (Wildman–Crippen MR) is 110 cm³/mol. The van der Waals surface area contributed by atoms with Crippen molar-refractivity contribution in [1.29, 1.82) is 0 Å². The van der Waals surface area contributed by atoms with E-state index in [-0.39, 0.29) is 5.82 Å². The average molecular weight is 400 g/mol. The molecule has 0 aliphatic heterocycles. The van der Waals surface area contributed by atoms with E-state index < -0.39 is 0 Å². The summed E-state index contributed by atoms with van der Waals surface area (Å²) in [5.74, 6) is 1.01. The smallest absolute Gasteiger partial charge is 0.227 e. The summed E-state index contributed by atoms with van der Waals surface area (Å²) in [6.07, 6.45) is 7.74. The number of aryl methyl sites for hydroxylation is 1. The van der Waals surface area contributed by atoms with E-state index in [9.17, 15) is 4.39 Å². The molecule has 0 saturated carbocycles. The highest BCUT2D eigenvalue weighted by molar-refractivity contribution is 5.65. The second-order valence-corrected chi connectivity index (χ2v) is 6.86. The van der Waals surface area contributed by atoms with Crippen LogP contribution in [0.1, 0.15) is 11.4 Å². The van der Waals surface area contributed by atoms with Crippen LogP contribution < -0.4 is 5.32 Å². The van der Waals surface area contributed by atoms with Crippen molar-refractivity contribution < 1.29 is 4.39 Å². The summed E-state index contributed by atoms with van der Waals surface area (Å²) in [4.78, 5) is 8.85. The molecule has 1 N–H and O–H groups in total. The quantitative estimate of drug-likeness (QED) is 0.487. The van der Waals surface area contributed by atoms with Gasteiger partial charge in [-0.25, -0.2) is 14.4 Å². The van der Waals surface area contributed by atoms with Crippen molar-refractivity contribution in [3.63, 3.8) is 0 Å². The monoisotopic (exact) mass is 400 g/mol. The molecule has 0 spiro atoms. The van der Waals surface area contributed by atoms with Crippen LogP contribution in [-0.4, -0.2) is 34.3 Å². The number of nitrogens with zero attached hydrogens (tertiary/aromatic N) is 7. The van der Waals surface area contributed by atoms with Crippen LogP contribution in [0.5, 0.6) is 0 Å². The van der Waals surface area contributed by atoms with Gasteiger partial charge in [0.25, 0.3) is 0 Å². The van der Waals surface area contributed by atoms with Crippen molar-refractivity contribution in [2.75, 3.05) is 5.32 Å². The molecule has 4 heterocycles. The molecule has 0 saturated heterocycles. The van der Waals surface area contributed by atoms with E-state index in [1.165, 1.54) is 12.1 Å². The molecule has 1 aromatic carbocycles. The van der Waals surface area contributed by atoms with Crippen LogP contribution in [-0.2, 0) is 13.5 Å². The van der Waals surface area contributed by atoms with Gasteiger partial charge in [0.05, 0.1) is 17.6 Å². The van der Waals surface area contributed by atoms with Gasteiger partial charge >= 0.3 is 0 Å². The molecule has 0 atom stereocenters. The summed E-state index contributed by atoms with van der Waals surface area (Å²) in [5, 5.41) is 15.8. The molecule has 0 unspecified atom stereocenters. The van der Waals surface area contributed by atoms with Gasteiger partial charge in [-0.2, -0.15) is 5.10 Å². The highest BCUT2D eigenvalue weighted by atomic mass is 19.1. The van der Waals surface area contributed by atoms with Crippen LogP contribution in [0.2, 0.25) is 0 Å². The minimum absolute atomic E-state index is 0.253. The van der Waals surface area contributed by atoms with Crippen molar-refractivity contribution in [3.05, 3.63) is 84.5 Å². The summed E-state index contributed by atoms with van der Waals surface area (Å²) in [5.41, 5.74) is 4.16. The van der Waals surface area contributed by atoms with Crippen molar-refractivity contribution in [3.8, 4) is 11.3 Å². The third-order valence-corrected chi connectivity index (χ3v) is 4.67. The zero-order chi connectivity index (χ0) is 20.5. The summed E-state index contributed by atoms with van der Waals surface area (Å²) in [6.45, 7) is 0. The molecular formula is C21H17FN8. The molecule has 5 aromatic rings. The molecule has 5 rings (SSSR count). The molecule has 0 bridgehead atoms. The maximum absolute atomic E-state index is 13.1. The molecule has 0 fully saturated rings. The van der Waals surface area contributed by atoms with Gasteiger partial charge in [0.2, 0.25) is 5.95 Å². The van der Waals surface area contributed by atoms with Crippen molar-refractivity contribution >= 4 is 17.3 Å².